The summed E-state index contributed by atoms with van der Waals surface area (Å²) < 4.78 is 11.1. The van der Waals surface area contributed by atoms with Gasteiger partial charge in [-0.2, -0.15) is 0 Å². The molecule has 5 heteroatoms. The molecule has 3 rings (SSSR count). The molecular formula is C19H22N2O3. The van der Waals surface area contributed by atoms with Crippen LogP contribution in [0.5, 0.6) is 11.5 Å². The maximum atomic E-state index is 12.4. The van der Waals surface area contributed by atoms with Crippen molar-refractivity contribution < 1.29 is 14.3 Å². The number of rotatable bonds is 5. The van der Waals surface area contributed by atoms with Crippen molar-refractivity contribution in [1.82, 2.24) is 10.3 Å². The van der Waals surface area contributed by atoms with Gasteiger partial charge in [0.15, 0.2) is 11.5 Å². The monoisotopic (exact) mass is 326 g/mol. The standard InChI is InChI=1S/C19H22N2O3/c1-13-5-4-9-20-16(13)8-10-21-19(22)15-11-14-6-3-7-17(23-2)18(14)24-12-15/h3-7,9,15H,8,10-12H2,1-2H3,(H,21,22)/t15-/m0/s1. The lowest BCUT2D eigenvalue weighted by atomic mass is 9.95. The van der Waals surface area contributed by atoms with E-state index in [1.165, 1.54) is 0 Å². The van der Waals surface area contributed by atoms with Crippen LogP contribution in [0.25, 0.3) is 0 Å². The number of nitrogens with one attached hydrogen (secondary N) is 1. The van der Waals surface area contributed by atoms with Gasteiger partial charge in [0, 0.05) is 24.9 Å². The number of carbonyl (C=O) groups is 1. The Morgan fingerprint density at radius 1 is 1.38 bits per heavy atom. The summed E-state index contributed by atoms with van der Waals surface area (Å²) in [7, 11) is 1.62. The molecule has 1 atom stereocenters. The maximum Gasteiger partial charge on any atom is 0.226 e. The summed E-state index contributed by atoms with van der Waals surface area (Å²) in [5, 5.41) is 3.00. The van der Waals surface area contributed by atoms with Crippen molar-refractivity contribution in [1.29, 1.82) is 0 Å². The summed E-state index contributed by atoms with van der Waals surface area (Å²) in [4.78, 5) is 16.7. The van der Waals surface area contributed by atoms with Crippen molar-refractivity contribution >= 4 is 5.91 Å². The molecule has 24 heavy (non-hydrogen) atoms. The number of carbonyl (C=O) groups excluding carboxylic acids is 1. The van der Waals surface area contributed by atoms with E-state index in [1.807, 2.05) is 37.3 Å². The van der Waals surface area contributed by atoms with Crippen LogP contribution in [0, 0.1) is 12.8 Å². The zero-order chi connectivity index (χ0) is 16.9. The largest absolute Gasteiger partial charge is 0.493 e. The van der Waals surface area contributed by atoms with E-state index in [0.717, 1.165) is 34.7 Å². The lowest BCUT2D eigenvalue weighted by Gasteiger charge is -2.25. The third-order valence-electron chi connectivity index (χ3n) is 4.33. The van der Waals surface area contributed by atoms with E-state index >= 15 is 0 Å². The Morgan fingerprint density at radius 3 is 3.04 bits per heavy atom. The summed E-state index contributed by atoms with van der Waals surface area (Å²) in [6, 6.07) is 9.72. The number of fused-ring (bicyclic) bond motifs is 1. The number of nitrogens with zero attached hydrogens (tertiary/aromatic N) is 1. The smallest absolute Gasteiger partial charge is 0.226 e. The minimum absolute atomic E-state index is 0.0251. The predicted octanol–water partition coefficient (Wildman–Crippen LogP) is 2.31. The molecule has 0 saturated carbocycles. The third kappa shape index (κ3) is 3.50. The van der Waals surface area contributed by atoms with Gasteiger partial charge >= 0.3 is 0 Å². The SMILES string of the molecule is COc1cccc2c1OC[C@@H](C(=O)NCCc1ncccc1C)C2. The van der Waals surface area contributed by atoms with Gasteiger partial charge in [-0.1, -0.05) is 18.2 Å². The fraction of sp³-hybridized carbons (Fsp3) is 0.368. The number of benzene rings is 1. The van der Waals surface area contributed by atoms with E-state index in [-0.39, 0.29) is 11.8 Å². The van der Waals surface area contributed by atoms with Gasteiger partial charge < -0.3 is 14.8 Å². The van der Waals surface area contributed by atoms with Gasteiger partial charge in [0.25, 0.3) is 0 Å². The first kappa shape index (κ1) is 16.3. The molecule has 1 aromatic carbocycles. The quantitative estimate of drug-likeness (QED) is 0.916. The van der Waals surface area contributed by atoms with Crippen LogP contribution in [-0.2, 0) is 17.6 Å². The first-order chi connectivity index (χ1) is 11.7. The van der Waals surface area contributed by atoms with Crippen molar-refractivity contribution in [2.45, 2.75) is 19.8 Å². The number of para-hydroxylation sites is 1. The first-order valence-electron chi connectivity index (χ1n) is 8.16. The van der Waals surface area contributed by atoms with Crippen LogP contribution in [0.1, 0.15) is 16.8 Å². The van der Waals surface area contributed by atoms with Crippen LogP contribution >= 0.6 is 0 Å². The molecule has 5 nitrogen and oxygen atoms in total. The van der Waals surface area contributed by atoms with E-state index in [2.05, 4.69) is 10.3 Å². The molecule has 1 N–H and O–H groups in total. The second-order valence-corrected chi connectivity index (χ2v) is 5.97. The van der Waals surface area contributed by atoms with Crippen molar-refractivity contribution in [3.63, 3.8) is 0 Å². The van der Waals surface area contributed by atoms with Gasteiger partial charge in [0.2, 0.25) is 5.91 Å². The molecule has 2 aromatic rings. The second-order valence-electron chi connectivity index (χ2n) is 5.97. The molecule has 0 fully saturated rings. The van der Waals surface area contributed by atoms with Gasteiger partial charge in [-0.3, -0.25) is 9.78 Å². The summed E-state index contributed by atoms with van der Waals surface area (Å²) in [5.74, 6) is 1.33. The number of pyridine rings is 1. The topological polar surface area (TPSA) is 60.5 Å². The highest BCUT2D eigenvalue weighted by molar-refractivity contribution is 5.79. The van der Waals surface area contributed by atoms with Crippen LogP contribution in [-0.4, -0.2) is 31.2 Å². The van der Waals surface area contributed by atoms with Crippen LogP contribution in [0.3, 0.4) is 0 Å². The molecule has 1 aromatic heterocycles. The molecule has 1 aliphatic rings. The summed E-state index contributed by atoms with van der Waals surface area (Å²) in [6.45, 7) is 2.99. The highest BCUT2D eigenvalue weighted by Gasteiger charge is 2.27. The molecule has 0 spiro atoms. The number of methoxy groups -OCH3 is 1. The Hall–Kier alpha value is -2.56. The van der Waals surface area contributed by atoms with Crippen molar-refractivity contribution in [3.05, 3.63) is 53.3 Å². The van der Waals surface area contributed by atoms with Crippen LogP contribution in [0.15, 0.2) is 36.5 Å². The number of hydrogen-bond acceptors (Lipinski definition) is 4. The highest BCUT2D eigenvalue weighted by atomic mass is 16.5. The number of ether oxygens (including phenoxy) is 2. The van der Waals surface area contributed by atoms with Crippen LogP contribution < -0.4 is 14.8 Å². The first-order valence-corrected chi connectivity index (χ1v) is 8.16. The average Bonchev–Trinajstić information content (AvgIpc) is 2.62. The minimum atomic E-state index is -0.172. The Morgan fingerprint density at radius 2 is 2.25 bits per heavy atom. The van der Waals surface area contributed by atoms with E-state index < -0.39 is 0 Å². The fourth-order valence-corrected chi connectivity index (χ4v) is 2.95. The zero-order valence-electron chi connectivity index (χ0n) is 14.0. The fourth-order valence-electron chi connectivity index (χ4n) is 2.95. The van der Waals surface area contributed by atoms with E-state index in [1.54, 1.807) is 13.3 Å². The van der Waals surface area contributed by atoms with Gasteiger partial charge in [0.1, 0.15) is 6.61 Å². The molecule has 1 aliphatic heterocycles. The molecule has 2 heterocycles. The number of hydrogen-bond donors (Lipinski definition) is 1. The van der Waals surface area contributed by atoms with Crippen molar-refractivity contribution in [2.24, 2.45) is 5.92 Å². The Bertz CT molecular complexity index is 730. The Kier molecular flexibility index (Phi) is 4.99. The van der Waals surface area contributed by atoms with E-state index in [4.69, 9.17) is 9.47 Å². The van der Waals surface area contributed by atoms with Crippen LogP contribution in [0.2, 0.25) is 0 Å². The lowest BCUT2D eigenvalue weighted by molar-refractivity contribution is -0.126. The average molecular weight is 326 g/mol. The molecule has 0 aliphatic carbocycles. The molecular weight excluding hydrogens is 304 g/mol. The number of amides is 1. The third-order valence-corrected chi connectivity index (χ3v) is 4.33. The van der Waals surface area contributed by atoms with E-state index in [0.29, 0.717) is 19.6 Å². The van der Waals surface area contributed by atoms with Gasteiger partial charge in [0.05, 0.1) is 13.0 Å². The van der Waals surface area contributed by atoms with Gasteiger partial charge in [-0.25, -0.2) is 0 Å². The molecule has 1 amide bonds. The summed E-state index contributed by atoms with van der Waals surface area (Å²) in [5.41, 5.74) is 3.18. The Labute approximate surface area is 142 Å². The predicted molar refractivity (Wildman–Crippen MR) is 91.4 cm³/mol. The van der Waals surface area contributed by atoms with E-state index in [9.17, 15) is 4.79 Å². The Balaban J connectivity index is 1.56. The summed E-state index contributed by atoms with van der Waals surface area (Å²) in [6.07, 6.45) is 3.18. The highest BCUT2D eigenvalue weighted by Crippen LogP contribution is 2.35. The molecule has 126 valence electrons. The number of aryl methyl sites for hydroxylation is 1. The second kappa shape index (κ2) is 7.34. The zero-order valence-corrected chi connectivity index (χ0v) is 14.0. The van der Waals surface area contributed by atoms with Crippen LogP contribution in [0.4, 0.5) is 0 Å². The summed E-state index contributed by atoms with van der Waals surface area (Å²) >= 11 is 0. The van der Waals surface area contributed by atoms with Gasteiger partial charge in [-0.15, -0.1) is 0 Å². The maximum absolute atomic E-state index is 12.4. The number of aromatic nitrogens is 1. The minimum Gasteiger partial charge on any atom is -0.493 e. The molecule has 0 saturated heterocycles. The molecule has 0 bridgehead atoms. The normalized spacial score (nSPS) is 16.0. The molecule has 0 radical (unpaired) electrons. The van der Waals surface area contributed by atoms with Gasteiger partial charge in [-0.05, 0) is 36.6 Å². The molecule has 0 unspecified atom stereocenters. The lowest BCUT2D eigenvalue weighted by Crippen LogP contribution is -2.38. The van der Waals surface area contributed by atoms with Crippen molar-refractivity contribution in [3.8, 4) is 11.5 Å². The van der Waals surface area contributed by atoms with Crippen molar-refractivity contribution in [2.75, 3.05) is 20.3 Å².